The minimum atomic E-state index is -0.465. The minimum absolute atomic E-state index is 0.0988. The number of aryl methyl sites for hydroxylation is 2. The minimum Gasteiger partial charge on any atom is -0.377 e. The van der Waals surface area contributed by atoms with Crippen LogP contribution >= 0.6 is 0 Å². The molecule has 1 heterocycles. The number of aromatic nitrogens is 2. The van der Waals surface area contributed by atoms with Crippen LogP contribution in [-0.2, 0) is 0 Å². The van der Waals surface area contributed by atoms with Gasteiger partial charge in [-0.15, -0.1) is 0 Å². The fourth-order valence-corrected chi connectivity index (χ4v) is 3.34. The fraction of sp³-hybridized carbons (Fsp3) is 0.273. The Kier molecular flexibility index (Phi) is 4.99. The lowest BCUT2D eigenvalue weighted by Gasteiger charge is -2.09. The van der Waals surface area contributed by atoms with Gasteiger partial charge in [0.25, 0.3) is 11.6 Å². The Balaban J connectivity index is 1.60. The number of nitrogens with one attached hydrogen (secondary N) is 2. The molecule has 1 aliphatic rings. The highest BCUT2D eigenvalue weighted by molar-refractivity contribution is 6.05. The zero-order valence-corrected chi connectivity index (χ0v) is 17.1. The third kappa shape index (κ3) is 3.89. The highest BCUT2D eigenvalue weighted by atomic mass is 16.6. The number of hydrogen-bond donors (Lipinski definition) is 2. The summed E-state index contributed by atoms with van der Waals surface area (Å²) in [6, 6.07) is 12.7. The highest BCUT2D eigenvalue weighted by Gasteiger charge is 2.26. The second-order valence-electron chi connectivity index (χ2n) is 7.65. The molecule has 1 aromatic heterocycles. The molecule has 4 rings (SSSR count). The van der Waals surface area contributed by atoms with Crippen molar-refractivity contribution in [3.05, 3.63) is 75.1 Å². The normalized spacial score (nSPS) is 13.2. The van der Waals surface area contributed by atoms with E-state index in [9.17, 15) is 14.9 Å². The van der Waals surface area contributed by atoms with E-state index >= 15 is 0 Å². The Morgan fingerprint density at radius 3 is 2.47 bits per heavy atom. The van der Waals surface area contributed by atoms with Crippen LogP contribution in [0.5, 0.6) is 0 Å². The smallest absolute Gasteiger partial charge is 0.293 e. The molecule has 0 saturated heterocycles. The molecule has 1 saturated carbocycles. The van der Waals surface area contributed by atoms with Crippen LogP contribution in [0.3, 0.4) is 0 Å². The van der Waals surface area contributed by atoms with E-state index in [1.54, 1.807) is 16.8 Å². The third-order valence-corrected chi connectivity index (χ3v) is 5.20. The average Bonchev–Trinajstić information content (AvgIpc) is 3.49. The second kappa shape index (κ2) is 7.62. The van der Waals surface area contributed by atoms with Crippen LogP contribution in [0, 0.1) is 30.9 Å². The molecule has 0 spiro atoms. The van der Waals surface area contributed by atoms with Crippen molar-refractivity contribution in [3.8, 4) is 5.69 Å². The number of nitro benzene ring substituents is 1. The summed E-state index contributed by atoms with van der Waals surface area (Å²) in [4.78, 5) is 23.8. The zero-order chi connectivity index (χ0) is 21.4. The summed E-state index contributed by atoms with van der Waals surface area (Å²) in [5.74, 6) is -0.411. The van der Waals surface area contributed by atoms with Gasteiger partial charge < -0.3 is 10.6 Å². The van der Waals surface area contributed by atoms with Gasteiger partial charge in [0.05, 0.1) is 27.7 Å². The molecule has 0 aliphatic heterocycles. The zero-order valence-electron chi connectivity index (χ0n) is 17.1. The lowest BCUT2D eigenvalue weighted by Crippen LogP contribution is -2.14. The standard InChI is InChI=1S/C22H23N5O3/c1-13-4-9-18(10-5-13)26-15(3)21(14(2)25-26)24-22(28)16-6-11-19(23-17-7-8-17)20(12-16)27(29)30/h4-6,9-12,17,23H,7-8H2,1-3H3,(H,24,28). The van der Waals surface area contributed by atoms with E-state index in [-0.39, 0.29) is 17.3 Å². The van der Waals surface area contributed by atoms with Crippen molar-refractivity contribution in [2.24, 2.45) is 0 Å². The van der Waals surface area contributed by atoms with Crippen molar-refractivity contribution in [1.82, 2.24) is 9.78 Å². The number of benzene rings is 2. The number of nitrogens with zero attached hydrogens (tertiary/aromatic N) is 3. The van der Waals surface area contributed by atoms with Crippen LogP contribution in [-0.4, -0.2) is 26.7 Å². The number of nitro groups is 1. The molecule has 0 unspecified atom stereocenters. The first-order valence-corrected chi connectivity index (χ1v) is 9.83. The lowest BCUT2D eigenvalue weighted by molar-refractivity contribution is -0.384. The Morgan fingerprint density at radius 1 is 1.13 bits per heavy atom. The van der Waals surface area contributed by atoms with Crippen LogP contribution in [0.2, 0.25) is 0 Å². The van der Waals surface area contributed by atoms with Crippen LogP contribution in [0.4, 0.5) is 17.1 Å². The summed E-state index contributed by atoms with van der Waals surface area (Å²) in [6.45, 7) is 5.71. The summed E-state index contributed by atoms with van der Waals surface area (Å²) in [6.07, 6.45) is 2.01. The van der Waals surface area contributed by atoms with Gasteiger partial charge in [0.1, 0.15) is 5.69 Å². The van der Waals surface area contributed by atoms with Gasteiger partial charge in [0.15, 0.2) is 0 Å². The van der Waals surface area contributed by atoms with Crippen molar-refractivity contribution in [2.75, 3.05) is 10.6 Å². The molecule has 0 atom stereocenters. The van der Waals surface area contributed by atoms with E-state index in [4.69, 9.17) is 0 Å². The Hall–Kier alpha value is -3.68. The molecule has 30 heavy (non-hydrogen) atoms. The molecule has 1 fully saturated rings. The van der Waals surface area contributed by atoms with E-state index in [0.29, 0.717) is 17.1 Å². The molecule has 0 bridgehead atoms. The van der Waals surface area contributed by atoms with E-state index < -0.39 is 10.8 Å². The second-order valence-corrected chi connectivity index (χ2v) is 7.65. The number of carbonyl (C=O) groups is 1. The maximum atomic E-state index is 12.8. The van der Waals surface area contributed by atoms with Crippen molar-refractivity contribution in [2.45, 2.75) is 39.7 Å². The molecule has 8 heteroatoms. The average molecular weight is 405 g/mol. The van der Waals surface area contributed by atoms with Gasteiger partial charge in [0, 0.05) is 17.7 Å². The summed E-state index contributed by atoms with van der Waals surface area (Å²) in [5, 5.41) is 22.0. The molecular formula is C22H23N5O3. The molecule has 3 aromatic rings. The molecule has 1 amide bonds. The van der Waals surface area contributed by atoms with Gasteiger partial charge in [-0.3, -0.25) is 14.9 Å². The predicted octanol–water partition coefficient (Wildman–Crippen LogP) is 4.53. The first-order chi connectivity index (χ1) is 14.3. The first-order valence-electron chi connectivity index (χ1n) is 9.83. The van der Waals surface area contributed by atoms with Crippen molar-refractivity contribution in [3.63, 3.8) is 0 Å². The molecule has 154 valence electrons. The van der Waals surface area contributed by atoms with Gasteiger partial charge in [-0.1, -0.05) is 17.7 Å². The molecule has 2 aromatic carbocycles. The summed E-state index contributed by atoms with van der Waals surface area (Å²) < 4.78 is 1.77. The van der Waals surface area contributed by atoms with Gasteiger partial charge >= 0.3 is 0 Å². The van der Waals surface area contributed by atoms with Gasteiger partial charge in [-0.25, -0.2) is 4.68 Å². The third-order valence-electron chi connectivity index (χ3n) is 5.20. The number of hydrogen-bond acceptors (Lipinski definition) is 5. The Bertz CT molecular complexity index is 1130. The SMILES string of the molecule is Cc1ccc(-n2nc(C)c(NC(=O)c3ccc(NC4CC4)c([N+](=O)[O-])c3)c2C)cc1. The van der Waals surface area contributed by atoms with Gasteiger partial charge in [0.2, 0.25) is 0 Å². The van der Waals surface area contributed by atoms with Gasteiger partial charge in [-0.2, -0.15) is 5.10 Å². The fourth-order valence-electron chi connectivity index (χ4n) is 3.34. The predicted molar refractivity (Wildman–Crippen MR) is 115 cm³/mol. The van der Waals surface area contributed by atoms with E-state index in [1.165, 1.54) is 6.07 Å². The molecular weight excluding hydrogens is 382 g/mol. The Morgan fingerprint density at radius 2 is 1.83 bits per heavy atom. The summed E-state index contributed by atoms with van der Waals surface area (Å²) in [7, 11) is 0. The number of anilines is 2. The quantitative estimate of drug-likeness (QED) is 0.463. The largest absolute Gasteiger partial charge is 0.377 e. The molecule has 0 radical (unpaired) electrons. The van der Waals surface area contributed by atoms with Crippen molar-refractivity contribution < 1.29 is 9.72 Å². The van der Waals surface area contributed by atoms with Crippen LogP contribution in [0.15, 0.2) is 42.5 Å². The molecule has 8 nitrogen and oxygen atoms in total. The lowest BCUT2D eigenvalue weighted by atomic mass is 10.1. The maximum absolute atomic E-state index is 12.8. The summed E-state index contributed by atoms with van der Waals surface area (Å²) >= 11 is 0. The van der Waals surface area contributed by atoms with Crippen molar-refractivity contribution in [1.29, 1.82) is 0 Å². The van der Waals surface area contributed by atoms with E-state index in [2.05, 4.69) is 15.7 Å². The summed E-state index contributed by atoms with van der Waals surface area (Å²) in [5.41, 5.74) is 4.67. The first kappa shape index (κ1) is 19.6. The topological polar surface area (TPSA) is 102 Å². The monoisotopic (exact) mass is 405 g/mol. The van der Waals surface area contributed by atoms with E-state index in [0.717, 1.165) is 29.8 Å². The van der Waals surface area contributed by atoms with Crippen LogP contribution in [0.25, 0.3) is 5.69 Å². The molecule has 1 aliphatic carbocycles. The number of rotatable bonds is 6. The highest BCUT2D eigenvalue weighted by Crippen LogP contribution is 2.32. The number of amides is 1. The maximum Gasteiger partial charge on any atom is 0.293 e. The van der Waals surface area contributed by atoms with Crippen LogP contribution < -0.4 is 10.6 Å². The van der Waals surface area contributed by atoms with Crippen molar-refractivity contribution >= 4 is 23.0 Å². The van der Waals surface area contributed by atoms with E-state index in [1.807, 2.05) is 45.0 Å². The molecule has 2 N–H and O–H groups in total. The van der Waals surface area contributed by atoms with Gasteiger partial charge in [-0.05, 0) is 57.9 Å². The number of carbonyl (C=O) groups excluding carboxylic acids is 1. The Labute approximate surface area is 174 Å². The van der Waals surface area contributed by atoms with Crippen LogP contribution in [0.1, 0.15) is 40.2 Å².